The SMILES string of the molecule is CCc1nn2c(=O)cc(COC(=O)c3sc4ccccc4c3Cl)nc2s1. The summed E-state index contributed by atoms with van der Waals surface area (Å²) in [5.41, 5.74) is 0.0868. The number of ether oxygens (including phenoxy) is 1. The molecule has 3 heterocycles. The normalized spacial score (nSPS) is 11.3. The van der Waals surface area contributed by atoms with Crippen LogP contribution in [0.15, 0.2) is 35.1 Å². The summed E-state index contributed by atoms with van der Waals surface area (Å²) in [6.45, 7) is 1.86. The van der Waals surface area contributed by atoms with Gasteiger partial charge in [0.25, 0.3) is 5.56 Å². The molecule has 132 valence electrons. The van der Waals surface area contributed by atoms with Gasteiger partial charge < -0.3 is 4.74 Å². The van der Waals surface area contributed by atoms with Gasteiger partial charge in [0, 0.05) is 16.2 Å². The maximum atomic E-state index is 12.4. The molecule has 0 N–H and O–H groups in total. The topological polar surface area (TPSA) is 73.6 Å². The maximum absolute atomic E-state index is 12.4. The number of carbonyl (C=O) groups excluding carboxylic acids is 1. The maximum Gasteiger partial charge on any atom is 0.350 e. The lowest BCUT2D eigenvalue weighted by Gasteiger charge is -2.03. The highest BCUT2D eigenvalue weighted by molar-refractivity contribution is 7.21. The van der Waals surface area contributed by atoms with Crippen LogP contribution in [0.3, 0.4) is 0 Å². The van der Waals surface area contributed by atoms with Crippen molar-refractivity contribution >= 4 is 55.3 Å². The summed E-state index contributed by atoms with van der Waals surface area (Å²) in [5, 5.41) is 6.21. The molecule has 0 saturated heterocycles. The molecule has 3 aromatic heterocycles. The third-order valence-electron chi connectivity index (χ3n) is 3.71. The Morgan fingerprint density at radius 2 is 2.12 bits per heavy atom. The van der Waals surface area contributed by atoms with Gasteiger partial charge in [0.1, 0.15) is 16.5 Å². The number of esters is 1. The van der Waals surface area contributed by atoms with Crippen LogP contribution in [0.2, 0.25) is 5.02 Å². The highest BCUT2D eigenvalue weighted by Gasteiger charge is 2.19. The number of benzene rings is 1. The van der Waals surface area contributed by atoms with Crippen molar-refractivity contribution in [2.24, 2.45) is 0 Å². The summed E-state index contributed by atoms with van der Waals surface area (Å²) in [7, 11) is 0. The fourth-order valence-corrected chi connectivity index (χ4v) is 4.72. The summed E-state index contributed by atoms with van der Waals surface area (Å²) >= 11 is 8.91. The van der Waals surface area contributed by atoms with Gasteiger partial charge in [0.2, 0.25) is 4.96 Å². The molecule has 0 aliphatic carbocycles. The molecule has 0 aliphatic rings. The van der Waals surface area contributed by atoms with Gasteiger partial charge in [-0.05, 0) is 12.5 Å². The van der Waals surface area contributed by atoms with Gasteiger partial charge in [0.15, 0.2) is 0 Å². The second kappa shape index (κ2) is 6.79. The molecule has 0 bridgehead atoms. The van der Waals surface area contributed by atoms with Gasteiger partial charge in [-0.1, -0.05) is 48.1 Å². The Morgan fingerprint density at radius 1 is 1.31 bits per heavy atom. The minimum atomic E-state index is -0.531. The van der Waals surface area contributed by atoms with Crippen LogP contribution in [-0.2, 0) is 17.8 Å². The monoisotopic (exact) mass is 405 g/mol. The predicted octanol–water partition coefficient (Wildman–Crippen LogP) is 3.94. The molecule has 0 radical (unpaired) electrons. The molecule has 0 atom stereocenters. The van der Waals surface area contributed by atoms with Crippen LogP contribution in [0.25, 0.3) is 15.0 Å². The quantitative estimate of drug-likeness (QED) is 0.481. The van der Waals surface area contributed by atoms with Crippen molar-refractivity contribution in [1.82, 2.24) is 14.6 Å². The van der Waals surface area contributed by atoms with Gasteiger partial charge in [0.05, 0.1) is 10.7 Å². The van der Waals surface area contributed by atoms with Crippen molar-refractivity contribution in [3.63, 3.8) is 0 Å². The van der Waals surface area contributed by atoms with E-state index < -0.39 is 5.97 Å². The molecule has 0 spiro atoms. The van der Waals surface area contributed by atoms with Crippen LogP contribution in [0.5, 0.6) is 0 Å². The van der Waals surface area contributed by atoms with Crippen LogP contribution in [0.4, 0.5) is 0 Å². The number of thiophene rings is 1. The first-order valence-corrected chi connectivity index (χ1v) is 9.80. The Hall–Kier alpha value is -2.29. The number of aryl methyl sites for hydroxylation is 1. The second-order valence-corrected chi connectivity index (χ2v) is 7.92. The number of rotatable bonds is 4. The standard InChI is InChI=1S/C17H12ClN3O3S2/c1-2-12-20-21-13(22)7-9(19-17(21)26-12)8-24-16(23)15-14(18)10-5-3-4-6-11(10)25-15/h3-7H,2,8H2,1H3. The van der Waals surface area contributed by atoms with Gasteiger partial charge in [-0.15, -0.1) is 11.3 Å². The van der Waals surface area contributed by atoms with E-state index in [9.17, 15) is 9.59 Å². The van der Waals surface area contributed by atoms with E-state index in [-0.39, 0.29) is 12.2 Å². The number of nitrogens with zero attached hydrogens (tertiary/aromatic N) is 3. The van der Waals surface area contributed by atoms with E-state index in [0.717, 1.165) is 21.5 Å². The first-order valence-electron chi connectivity index (χ1n) is 7.79. The lowest BCUT2D eigenvalue weighted by atomic mass is 10.2. The number of hydrogen-bond donors (Lipinski definition) is 0. The number of halogens is 1. The van der Waals surface area contributed by atoms with Crippen molar-refractivity contribution in [2.75, 3.05) is 0 Å². The molecule has 0 amide bonds. The van der Waals surface area contributed by atoms with Crippen molar-refractivity contribution in [3.8, 4) is 0 Å². The molecule has 0 saturated carbocycles. The Kier molecular flexibility index (Phi) is 4.47. The Labute approximate surface area is 160 Å². The largest absolute Gasteiger partial charge is 0.455 e. The summed E-state index contributed by atoms with van der Waals surface area (Å²) < 4.78 is 7.50. The smallest absolute Gasteiger partial charge is 0.350 e. The second-order valence-electron chi connectivity index (χ2n) is 5.45. The van der Waals surface area contributed by atoms with Crippen LogP contribution in [0.1, 0.15) is 27.3 Å². The molecule has 4 aromatic rings. The van der Waals surface area contributed by atoms with E-state index in [0.29, 0.717) is 20.6 Å². The number of aromatic nitrogens is 3. The molecule has 0 unspecified atom stereocenters. The van der Waals surface area contributed by atoms with E-state index >= 15 is 0 Å². The van der Waals surface area contributed by atoms with Crippen molar-refractivity contribution in [1.29, 1.82) is 0 Å². The average Bonchev–Trinajstić information content (AvgIpc) is 3.21. The molecule has 4 rings (SSSR count). The van der Waals surface area contributed by atoms with Crippen LogP contribution in [-0.4, -0.2) is 20.6 Å². The summed E-state index contributed by atoms with van der Waals surface area (Å²) in [6.07, 6.45) is 0.724. The van der Waals surface area contributed by atoms with Gasteiger partial charge >= 0.3 is 5.97 Å². The number of hydrogen-bond acceptors (Lipinski definition) is 7. The third kappa shape index (κ3) is 3.00. The Bertz CT molecular complexity index is 1200. The van der Waals surface area contributed by atoms with Gasteiger partial charge in [-0.25, -0.2) is 9.78 Å². The molecule has 26 heavy (non-hydrogen) atoms. The highest BCUT2D eigenvalue weighted by Crippen LogP contribution is 2.35. The summed E-state index contributed by atoms with van der Waals surface area (Å²) in [6, 6.07) is 8.83. The van der Waals surface area contributed by atoms with Crippen LogP contribution >= 0.6 is 34.3 Å². The fourth-order valence-electron chi connectivity index (χ4n) is 2.46. The zero-order valence-corrected chi connectivity index (χ0v) is 16.0. The molecular formula is C17H12ClN3O3S2. The van der Waals surface area contributed by atoms with E-state index in [1.54, 1.807) is 0 Å². The van der Waals surface area contributed by atoms with E-state index in [1.165, 1.54) is 33.3 Å². The van der Waals surface area contributed by atoms with Crippen molar-refractivity contribution in [3.05, 3.63) is 61.3 Å². The molecule has 9 heteroatoms. The predicted molar refractivity (Wildman–Crippen MR) is 102 cm³/mol. The van der Waals surface area contributed by atoms with Crippen LogP contribution in [0, 0.1) is 0 Å². The first kappa shape index (κ1) is 17.1. The summed E-state index contributed by atoms with van der Waals surface area (Å²) in [5.74, 6) is -0.531. The van der Waals surface area contributed by atoms with Gasteiger partial charge in [-0.3, -0.25) is 4.79 Å². The molecule has 0 aliphatic heterocycles. The highest BCUT2D eigenvalue weighted by atomic mass is 35.5. The lowest BCUT2D eigenvalue weighted by Crippen LogP contribution is -2.16. The zero-order valence-electron chi connectivity index (χ0n) is 13.6. The van der Waals surface area contributed by atoms with E-state index in [4.69, 9.17) is 16.3 Å². The van der Waals surface area contributed by atoms with E-state index in [2.05, 4.69) is 10.1 Å². The Balaban J connectivity index is 1.58. The minimum Gasteiger partial charge on any atom is -0.455 e. The number of fused-ring (bicyclic) bond motifs is 2. The molecular weight excluding hydrogens is 394 g/mol. The molecule has 6 nitrogen and oxygen atoms in total. The molecule has 0 fully saturated rings. The summed E-state index contributed by atoms with van der Waals surface area (Å²) in [4.78, 5) is 29.7. The first-order chi connectivity index (χ1) is 12.6. The Morgan fingerprint density at radius 3 is 2.88 bits per heavy atom. The zero-order chi connectivity index (χ0) is 18.3. The fraction of sp³-hybridized carbons (Fsp3) is 0.176. The lowest BCUT2D eigenvalue weighted by molar-refractivity contribution is 0.0474. The third-order valence-corrected chi connectivity index (χ3v) is 6.42. The van der Waals surface area contributed by atoms with Crippen molar-refractivity contribution < 1.29 is 9.53 Å². The molecule has 1 aromatic carbocycles. The van der Waals surface area contributed by atoms with Crippen molar-refractivity contribution in [2.45, 2.75) is 20.0 Å². The minimum absolute atomic E-state index is 0.103. The van der Waals surface area contributed by atoms with E-state index in [1.807, 2.05) is 31.2 Å². The average molecular weight is 406 g/mol. The van der Waals surface area contributed by atoms with Gasteiger partial charge in [-0.2, -0.15) is 9.61 Å². The number of carbonyl (C=O) groups is 1. The van der Waals surface area contributed by atoms with Crippen LogP contribution < -0.4 is 5.56 Å².